The molecule has 0 heterocycles. The molecule has 6 heteroatoms. The zero-order valence-electron chi connectivity index (χ0n) is 16.3. The number of benzene rings is 3. The highest BCUT2D eigenvalue weighted by atomic mass is 16.5. The SMILES string of the molecule is COC(=O)c1cc(CNC(=O)Nc2ccc(-c3ccccc3)cc2)ccc1OC. The summed E-state index contributed by atoms with van der Waals surface area (Å²) >= 11 is 0. The molecule has 2 amide bonds. The molecule has 0 fully saturated rings. The summed E-state index contributed by atoms with van der Waals surface area (Å²) in [7, 11) is 2.79. The van der Waals surface area contributed by atoms with Gasteiger partial charge in [-0.2, -0.15) is 0 Å². The Kier molecular flexibility index (Phi) is 6.47. The molecule has 0 radical (unpaired) electrons. The lowest BCUT2D eigenvalue weighted by Crippen LogP contribution is -2.28. The lowest BCUT2D eigenvalue weighted by Gasteiger charge is -2.11. The van der Waals surface area contributed by atoms with Crippen molar-refractivity contribution in [1.82, 2.24) is 5.32 Å². The Morgan fingerprint density at radius 3 is 2.21 bits per heavy atom. The van der Waals surface area contributed by atoms with Gasteiger partial charge in [-0.3, -0.25) is 0 Å². The molecule has 0 aliphatic rings. The smallest absolute Gasteiger partial charge is 0.341 e. The topological polar surface area (TPSA) is 76.7 Å². The molecule has 0 aliphatic carbocycles. The maximum atomic E-state index is 12.2. The summed E-state index contributed by atoms with van der Waals surface area (Å²) in [6.45, 7) is 0.252. The van der Waals surface area contributed by atoms with Crippen molar-refractivity contribution in [3.63, 3.8) is 0 Å². The maximum Gasteiger partial charge on any atom is 0.341 e. The number of ether oxygens (including phenoxy) is 2. The predicted octanol–water partition coefficient (Wildman–Crippen LogP) is 4.47. The van der Waals surface area contributed by atoms with Crippen LogP contribution < -0.4 is 15.4 Å². The largest absolute Gasteiger partial charge is 0.496 e. The van der Waals surface area contributed by atoms with Gasteiger partial charge in [0.2, 0.25) is 0 Å². The van der Waals surface area contributed by atoms with Crippen LogP contribution in [0.15, 0.2) is 72.8 Å². The number of urea groups is 1. The van der Waals surface area contributed by atoms with E-state index >= 15 is 0 Å². The molecule has 0 aromatic heterocycles. The Balaban J connectivity index is 1.59. The Labute approximate surface area is 169 Å². The quantitative estimate of drug-likeness (QED) is 0.609. The first-order chi connectivity index (χ1) is 14.1. The first-order valence-corrected chi connectivity index (χ1v) is 9.06. The van der Waals surface area contributed by atoms with Crippen molar-refractivity contribution in [1.29, 1.82) is 0 Å². The normalized spacial score (nSPS) is 10.1. The van der Waals surface area contributed by atoms with Crippen LogP contribution in [0.5, 0.6) is 5.75 Å². The van der Waals surface area contributed by atoms with Crippen LogP contribution in [0.4, 0.5) is 10.5 Å². The summed E-state index contributed by atoms with van der Waals surface area (Å²) in [5, 5.41) is 5.57. The molecule has 0 atom stereocenters. The van der Waals surface area contributed by atoms with Crippen LogP contribution in [0.1, 0.15) is 15.9 Å². The maximum absolute atomic E-state index is 12.2. The van der Waals surface area contributed by atoms with Gasteiger partial charge in [-0.25, -0.2) is 9.59 Å². The molecule has 2 N–H and O–H groups in total. The molecule has 0 saturated carbocycles. The zero-order valence-corrected chi connectivity index (χ0v) is 16.3. The molecule has 3 aromatic rings. The lowest BCUT2D eigenvalue weighted by atomic mass is 10.1. The van der Waals surface area contributed by atoms with Crippen molar-refractivity contribution in [3.05, 3.63) is 83.9 Å². The predicted molar refractivity (Wildman–Crippen MR) is 112 cm³/mol. The number of hydrogen-bond donors (Lipinski definition) is 2. The number of carbonyl (C=O) groups is 2. The minimum Gasteiger partial charge on any atom is -0.496 e. The lowest BCUT2D eigenvalue weighted by molar-refractivity contribution is 0.0597. The van der Waals surface area contributed by atoms with Crippen molar-refractivity contribution < 1.29 is 19.1 Å². The van der Waals surface area contributed by atoms with Crippen LogP contribution in [-0.4, -0.2) is 26.2 Å². The summed E-state index contributed by atoms with van der Waals surface area (Å²) in [4.78, 5) is 24.1. The summed E-state index contributed by atoms with van der Waals surface area (Å²) in [5.41, 5.74) is 3.94. The van der Waals surface area contributed by atoms with Crippen molar-refractivity contribution in [3.8, 4) is 16.9 Å². The van der Waals surface area contributed by atoms with E-state index in [4.69, 9.17) is 9.47 Å². The molecule has 0 bridgehead atoms. The average Bonchev–Trinajstić information content (AvgIpc) is 2.78. The van der Waals surface area contributed by atoms with Crippen LogP contribution in [0.2, 0.25) is 0 Å². The molecule has 3 aromatic carbocycles. The number of hydrogen-bond acceptors (Lipinski definition) is 4. The van der Waals surface area contributed by atoms with Gasteiger partial charge in [0.1, 0.15) is 11.3 Å². The number of methoxy groups -OCH3 is 2. The van der Waals surface area contributed by atoms with E-state index in [-0.39, 0.29) is 12.6 Å². The van der Waals surface area contributed by atoms with Crippen LogP contribution in [0, 0.1) is 0 Å². The monoisotopic (exact) mass is 390 g/mol. The Morgan fingerprint density at radius 1 is 0.862 bits per heavy atom. The number of esters is 1. The number of amides is 2. The second kappa shape index (κ2) is 9.41. The van der Waals surface area contributed by atoms with Crippen LogP contribution >= 0.6 is 0 Å². The minimum atomic E-state index is -0.494. The van der Waals surface area contributed by atoms with Gasteiger partial charge >= 0.3 is 12.0 Å². The molecule has 0 spiro atoms. The fourth-order valence-corrected chi connectivity index (χ4v) is 2.87. The molecule has 0 saturated heterocycles. The fraction of sp³-hybridized carbons (Fsp3) is 0.130. The molecule has 3 rings (SSSR count). The molecule has 148 valence electrons. The zero-order chi connectivity index (χ0) is 20.6. The van der Waals surface area contributed by atoms with Crippen molar-refractivity contribution in [2.75, 3.05) is 19.5 Å². The van der Waals surface area contributed by atoms with Gasteiger partial charge in [-0.1, -0.05) is 48.5 Å². The average molecular weight is 390 g/mol. The van der Waals surface area contributed by atoms with Gasteiger partial charge < -0.3 is 20.1 Å². The van der Waals surface area contributed by atoms with E-state index in [9.17, 15) is 9.59 Å². The highest BCUT2D eigenvalue weighted by Gasteiger charge is 2.13. The van der Waals surface area contributed by atoms with E-state index in [1.165, 1.54) is 14.2 Å². The highest BCUT2D eigenvalue weighted by molar-refractivity contribution is 5.93. The molecule has 0 unspecified atom stereocenters. The Morgan fingerprint density at radius 2 is 1.55 bits per heavy atom. The Hall–Kier alpha value is -3.80. The highest BCUT2D eigenvalue weighted by Crippen LogP contribution is 2.22. The second-order valence-corrected chi connectivity index (χ2v) is 6.28. The third kappa shape index (κ3) is 5.13. The molecule has 6 nitrogen and oxygen atoms in total. The standard InChI is InChI=1S/C23H22N2O4/c1-28-21-13-8-16(14-20(21)22(26)29-2)15-24-23(27)25-19-11-9-18(10-12-19)17-6-4-3-5-7-17/h3-14H,15H2,1-2H3,(H2,24,25,27). The number of nitrogens with one attached hydrogen (secondary N) is 2. The van der Waals surface area contributed by atoms with Crippen molar-refractivity contribution in [2.24, 2.45) is 0 Å². The van der Waals surface area contributed by atoms with Crippen molar-refractivity contribution in [2.45, 2.75) is 6.54 Å². The fourth-order valence-electron chi connectivity index (χ4n) is 2.87. The number of rotatable bonds is 6. The third-order valence-electron chi connectivity index (χ3n) is 4.37. The van der Waals surface area contributed by atoms with E-state index < -0.39 is 5.97 Å². The van der Waals surface area contributed by atoms with E-state index in [1.54, 1.807) is 18.2 Å². The van der Waals surface area contributed by atoms with Crippen LogP contribution in [0.25, 0.3) is 11.1 Å². The van der Waals surface area contributed by atoms with Crippen LogP contribution in [0.3, 0.4) is 0 Å². The Bertz CT molecular complexity index is 986. The molecule has 29 heavy (non-hydrogen) atoms. The molecular weight excluding hydrogens is 368 g/mol. The first-order valence-electron chi connectivity index (χ1n) is 9.06. The van der Waals surface area contributed by atoms with Gasteiger partial charge in [-0.05, 0) is 41.0 Å². The van der Waals surface area contributed by atoms with E-state index in [2.05, 4.69) is 10.6 Å². The van der Waals surface area contributed by atoms with Gasteiger partial charge in [0.15, 0.2) is 0 Å². The van der Waals surface area contributed by atoms with E-state index in [0.29, 0.717) is 17.0 Å². The number of carbonyl (C=O) groups excluding carboxylic acids is 2. The first kappa shape index (κ1) is 19.9. The molecular formula is C23H22N2O4. The van der Waals surface area contributed by atoms with Gasteiger partial charge in [0.05, 0.1) is 14.2 Å². The van der Waals surface area contributed by atoms with Gasteiger partial charge in [0.25, 0.3) is 0 Å². The summed E-state index contributed by atoms with van der Waals surface area (Å²) in [6, 6.07) is 22.4. The number of anilines is 1. The molecule has 0 aliphatic heterocycles. The summed E-state index contributed by atoms with van der Waals surface area (Å²) < 4.78 is 9.93. The van der Waals surface area contributed by atoms with E-state index in [0.717, 1.165) is 16.7 Å². The second-order valence-electron chi connectivity index (χ2n) is 6.28. The van der Waals surface area contributed by atoms with Crippen molar-refractivity contribution >= 4 is 17.7 Å². The third-order valence-corrected chi connectivity index (χ3v) is 4.37. The van der Waals surface area contributed by atoms with E-state index in [1.807, 2.05) is 54.6 Å². The van der Waals surface area contributed by atoms with Gasteiger partial charge in [-0.15, -0.1) is 0 Å². The minimum absolute atomic E-state index is 0.252. The summed E-state index contributed by atoms with van der Waals surface area (Å²) in [5.74, 6) is -0.0739. The van der Waals surface area contributed by atoms with Crippen LogP contribution in [-0.2, 0) is 11.3 Å². The summed E-state index contributed by atoms with van der Waals surface area (Å²) in [6.07, 6.45) is 0. The van der Waals surface area contributed by atoms with Gasteiger partial charge in [0, 0.05) is 12.2 Å².